The molecule has 0 saturated heterocycles. The standard InChI is InChI=1S/C13H15F3N2O/c1-8(7-13(14,15)16)17-12(19)11-6-9-4-2-3-5-10(9)18-11/h2-5,8,11,18H,6-7H2,1H3,(H,17,19)/t8?,11-/m0/s1. The van der Waals surface area contributed by atoms with Crippen LogP contribution < -0.4 is 10.6 Å². The molecule has 2 N–H and O–H groups in total. The summed E-state index contributed by atoms with van der Waals surface area (Å²) in [6, 6.07) is 6.05. The number of hydrogen-bond donors (Lipinski definition) is 2. The van der Waals surface area contributed by atoms with Gasteiger partial charge in [0.25, 0.3) is 0 Å². The van der Waals surface area contributed by atoms with Gasteiger partial charge in [-0.1, -0.05) is 18.2 Å². The van der Waals surface area contributed by atoms with Crippen LogP contribution in [0.2, 0.25) is 0 Å². The molecule has 104 valence electrons. The highest BCUT2D eigenvalue weighted by Gasteiger charge is 2.32. The van der Waals surface area contributed by atoms with Crippen LogP contribution in [0.15, 0.2) is 24.3 Å². The van der Waals surface area contributed by atoms with Crippen molar-refractivity contribution < 1.29 is 18.0 Å². The molecular weight excluding hydrogens is 257 g/mol. The second-order valence-electron chi connectivity index (χ2n) is 4.79. The molecule has 0 spiro atoms. The Morgan fingerprint density at radius 3 is 2.79 bits per heavy atom. The van der Waals surface area contributed by atoms with Crippen molar-refractivity contribution >= 4 is 11.6 Å². The maximum absolute atomic E-state index is 12.2. The molecule has 1 aromatic rings. The highest BCUT2D eigenvalue weighted by molar-refractivity contribution is 5.87. The fraction of sp³-hybridized carbons (Fsp3) is 0.462. The van der Waals surface area contributed by atoms with Crippen LogP contribution in [-0.2, 0) is 11.2 Å². The van der Waals surface area contributed by atoms with Gasteiger partial charge < -0.3 is 10.6 Å². The highest BCUT2D eigenvalue weighted by atomic mass is 19.4. The molecule has 0 aromatic heterocycles. The van der Waals surface area contributed by atoms with Crippen molar-refractivity contribution in [3.05, 3.63) is 29.8 Å². The molecule has 3 nitrogen and oxygen atoms in total. The number of alkyl halides is 3. The number of carbonyl (C=O) groups is 1. The van der Waals surface area contributed by atoms with Crippen molar-refractivity contribution in [2.75, 3.05) is 5.32 Å². The van der Waals surface area contributed by atoms with E-state index in [1.807, 2.05) is 24.3 Å². The van der Waals surface area contributed by atoms with Crippen molar-refractivity contribution in [1.82, 2.24) is 5.32 Å². The predicted octanol–water partition coefficient (Wildman–Crippen LogP) is 2.48. The summed E-state index contributed by atoms with van der Waals surface area (Å²) >= 11 is 0. The number of fused-ring (bicyclic) bond motifs is 1. The minimum Gasteiger partial charge on any atom is -0.373 e. The monoisotopic (exact) mass is 272 g/mol. The average Bonchev–Trinajstić information content (AvgIpc) is 2.69. The van der Waals surface area contributed by atoms with Crippen LogP contribution in [0.25, 0.3) is 0 Å². The summed E-state index contributed by atoms with van der Waals surface area (Å²) in [6.45, 7) is 1.35. The summed E-state index contributed by atoms with van der Waals surface area (Å²) < 4.78 is 36.5. The van der Waals surface area contributed by atoms with Crippen LogP contribution in [-0.4, -0.2) is 24.2 Å². The van der Waals surface area contributed by atoms with Crippen LogP contribution in [0.4, 0.5) is 18.9 Å². The molecule has 0 radical (unpaired) electrons. The summed E-state index contributed by atoms with van der Waals surface area (Å²) in [5.74, 6) is -0.395. The molecule has 0 saturated carbocycles. The van der Waals surface area contributed by atoms with E-state index in [1.54, 1.807) is 0 Å². The number of carbonyl (C=O) groups excluding carboxylic acids is 1. The molecule has 6 heteroatoms. The fourth-order valence-electron chi connectivity index (χ4n) is 2.20. The van der Waals surface area contributed by atoms with Crippen LogP contribution in [0.1, 0.15) is 18.9 Å². The van der Waals surface area contributed by atoms with Gasteiger partial charge in [0.05, 0.1) is 6.42 Å². The van der Waals surface area contributed by atoms with E-state index in [-0.39, 0.29) is 0 Å². The van der Waals surface area contributed by atoms with Gasteiger partial charge in [-0.2, -0.15) is 13.2 Å². The molecule has 1 aliphatic heterocycles. The lowest BCUT2D eigenvalue weighted by Gasteiger charge is -2.18. The van der Waals surface area contributed by atoms with Gasteiger partial charge in [-0.15, -0.1) is 0 Å². The molecule has 1 unspecified atom stereocenters. The molecule has 0 aliphatic carbocycles. The molecule has 1 aromatic carbocycles. The van der Waals surface area contributed by atoms with Gasteiger partial charge >= 0.3 is 6.18 Å². The maximum atomic E-state index is 12.2. The normalized spacial score (nSPS) is 19.5. The van der Waals surface area contributed by atoms with Gasteiger partial charge in [0.2, 0.25) is 5.91 Å². The molecule has 0 fully saturated rings. The third-order valence-corrected chi connectivity index (χ3v) is 3.01. The van der Waals surface area contributed by atoms with Gasteiger partial charge in [0.1, 0.15) is 6.04 Å². The number of anilines is 1. The highest BCUT2D eigenvalue weighted by Crippen LogP contribution is 2.26. The zero-order valence-electron chi connectivity index (χ0n) is 10.4. The predicted molar refractivity (Wildman–Crippen MR) is 65.8 cm³/mol. The largest absolute Gasteiger partial charge is 0.391 e. The minimum absolute atomic E-state index is 0.395. The molecular formula is C13H15F3N2O. The second-order valence-corrected chi connectivity index (χ2v) is 4.79. The first-order chi connectivity index (χ1) is 8.85. The second kappa shape index (κ2) is 5.11. The van der Waals surface area contributed by atoms with E-state index >= 15 is 0 Å². The Morgan fingerprint density at radius 1 is 1.47 bits per heavy atom. The average molecular weight is 272 g/mol. The van der Waals surface area contributed by atoms with Crippen LogP contribution in [0, 0.1) is 0 Å². The van der Waals surface area contributed by atoms with E-state index in [9.17, 15) is 18.0 Å². The first kappa shape index (κ1) is 13.7. The van der Waals surface area contributed by atoms with E-state index in [0.717, 1.165) is 11.3 Å². The van der Waals surface area contributed by atoms with Gasteiger partial charge in [0, 0.05) is 18.2 Å². The molecule has 19 heavy (non-hydrogen) atoms. The molecule has 1 heterocycles. The first-order valence-corrected chi connectivity index (χ1v) is 6.07. The SMILES string of the molecule is CC(CC(F)(F)F)NC(=O)[C@@H]1Cc2ccccc2N1. The van der Waals surface area contributed by atoms with Gasteiger partial charge in [0.15, 0.2) is 0 Å². The van der Waals surface area contributed by atoms with Crippen molar-refractivity contribution in [3.8, 4) is 0 Å². The van der Waals surface area contributed by atoms with E-state index < -0.39 is 30.6 Å². The number of hydrogen-bond acceptors (Lipinski definition) is 2. The lowest BCUT2D eigenvalue weighted by Crippen LogP contribution is -2.44. The number of rotatable bonds is 3. The number of nitrogens with one attached hydrogen (secondary N) is 2. The number of benzene rings is 1. The quantitative estimate of drug-likeness (QED) is 0.887. The third-order valence-electron chi connectivity index (χ3n) is 3.01. The number of amides is 1. The first-order valence-electron chi connectivity index (χ1n) is 6.07. The third kappa shape index (κ3) is 3.62. The zero-order chi connectivity index (χ0) is 14.0. The van der Waals surface area contributed by atoms with Crippen molar-refractivity contribution in [1.29, 1.82) is 0 Å². The Kier molecular flexibility index (Phi) is 3.68. The van der Waals surface area contributed by atoms with Gasteiger partial charge in [-0.3, -0.25) is 4.79 Å². The summed E-state index contributed by atoms with van der Waals surface area (Å²) in [4.78, 5) is 11.9. The Labute approximate surface area is 109 Å². The number of para-hydroxylation sites is 1. The Bertz CT molecular complexity index is 448. The summed E-state index contributed by atoms with van der Waals surface area (Å²) in [6.07, 6.45) is -4.78. The molecule has 2 rings (SSSR count). The Hall–Kier alpha value is -1.72. The topological polar surface area (TPSA) is 41.1 Å². The lowest BCUT2D eigenvalue weighted by atomic mass is 10.1. The molecule has 1 aliphatic rings. The van der Waals surface area contributed by atoms with Crippen molar-refractivity contribution in [2.45, 2.75) is 38.0 Å². The lowest BCUT2D eigenvalue weighted by molar-refractivity contribution is -0.141. The summed E-state index contributed by atoms with van der Waals surface area (Å²) in [7, 11) is 0. The molecule has 0 bridgehead atoms. The molecule has 1 amide bonds. The number of halogens is 3. The summed E-state index contributed by atoms with van der Waals surface area (Å²) in [5, 5.41) is 5.40. The van der Waals surface area contributed by atoms with E-state index in [4.69, 9.17) is 0 Å². The van der Waals surface area contributed by atoms with Crippen LogP contribution in [0.5, 0.6) is 0 Å². The minimum atomic E-state index is -4.27. The van der Waals surface area contributed by atoms with Gasteiger partial charge in [-0.05, 0) is 18.6 Å². The fourth-order valence-corrected chi connectivity index (χ4v) is 2.20. The van der Waals surface area contributed by atoms with Gasteiger partial charge in [-0.25, -0.2) is 0 Å². The van der Waals surface area contributed by atoms with E-state index in [0.29, 0.717) is 6.42 Å². The Morgan fingerprint density at radius 2 is 2.16 bits per heavy atom. The zero-order valence-corrected chi connectivity index (χ0v) is 10.4. The van der Waals surface area contributed by atoms with Crippen LogP contribution >= 0.6 is 0 Å². The summed E-state index contributed by atoms with van der Waals surface area (Å²) in [5.41, 5.74) is 1.87. The molecule has 2 atom stereocenters. The van der Waals surface area contributed by atoms with Crippen molar-refractivity contribution in [3.63, 3.8) is 0 Å². The van der Waals surface area contributed by atoms with E-state index in [2.05, 4.69) is 10.6 Å². The van der Waals surface area contributed by atoms with E-state index in [1.165, 1.54) is 6.92 Å². The Balaban J connectivity index is 1.89. The smallest absolute Gasteiger partial charge is 0.373 e. The van der Waals surface area contributed by atoms with Crippen molar-refractivity contribution in [2.24, 2.45) is 0 Å². The maximum Gasteiger partial charge on any atom is 0.391 e. The van der Waals surface area contributed by atoms with Crippen LogP contribution in [0.3, 0.4) is 0 Å².